The number of benzene rings is 1. The van der Waals surface area contributed by atoms with Gasteiger partial charge in [-0.05, 0) is 41.6 Å². The SMILES string of the molecule is CCN=C(N)Nc1cccc(F)c1I. The zero-order valence-electron chi connectivity index (χ0n) is 7.72. The summed E-state index contributed by atoms with van der Waals surface area (Å²) in [6.07, 6.45) is 0. The molecule has 0 aromatic heterocycles. The van der Waals surface area contributed by atoms with Crippen LogP contribution in [-0.4, -0.2) is 12.5 Å². The van der Waals surface area contributed by atoms with Crippen LogP contribution in [0, 0.1) is 9.39 Å². The van der Waals surface area contributed by atoms with Crippen molar-refractivity contribution >= 4 is 34.2 Å². The van der Waals surface area contributed by atoms with Crippen molar-refractivity contribution < 1.29 is 4.39 Å². The molecule has 0 aliphatic rings. The molecule has 5 heteroatoms. The minimum atomic E-state index is -0.264. The Morgan fingerprint density at radius 1 is 1.64 bits per heavy atom. The van der Waals surface area contributed by atoms with Gasteiger partial charge in [-0.2, -0.15) is 0 Å². The highest BCUT2D eigenvalue weighted by Crippen LogP contribution is 2.20. The molecule has 0 heterocycles. The molecule has 0 aliphatic carbocycles. The Bertz CT molecular complexity index is 352. The maximum absolute atomic E-state index is 13.1. The summed E-state index contributed by atoms with van der Waals surface area (Å²) in [7, 11) is 0. The highest BCUT2D eigenvalue weighted by atomic mass is 127. The second-order valence-corrected chi connectivity index (χ2v) is 3.66. The Balaban J connectivity index is 2.87. The number of nitrogens with two attached hydrogens (primary N) is 1. The molecule has 0 saturated carbocycles. The van der Waals surface area contributed by atoms with Crippen LogP contribution in [0.25, 0.3) is 0 Å². The predicted octanol–water partition coefficient (Wildman–Crippen LogP) is 2.18. The number of guanidine groups is 1. The van der Waals surface area contributed by atoms with Crippen LogP contribution >= 0.6 is 22.6 Å². The third-order valence-corrected chi connectivity index (χ3v) is 2.64. The molecule has 1 aromatic carbocycles. The standard InChI is InChI=1S/C9H11FIN3/c1-2-13-9(12)14-7-5-3-4-6(10)8(7)11/h3-5H,2H2,1H3,(H3,12,13,14). The zero-order valence-corrected chi connectivity index (χ0v) is 9.88. The molecular formula is C9H11FIN3. The Hall–Kier alpha value is -0.850. The van der Waals surface area contributed by atoms with E-state index in [4.69, 9.17) is 5.73 Å². The van der Waals surface area contributed by atoms with E-state index < -0.39 is 0 Å². The van der Waals surface area contributed by atoms with Gasteiger partial charge in [-0.3, -0.25) is 4.99 Å². The molecule has 76 valence electrons. The summed E-state index contributed by atoms with van der Waals surface area (Å²) in [6, 6.07) is 4.78. The van der Waals surface area contributed by atoms with Crippen LogP contribution in [0.2, 0.25) is 0 Å². The van der Waals surface area contributed by atoms with Gasteiger partial charge in [0, 0.05) is 6.54 Å². The number of rotatable bonds is 2. The molecule has 0 bridgehead atoms. The summed E-state index contributed by atoms with van der Waals surface area (Å²) in [6.45, 7) is 2.48. The van der Waals surface area contributed by atoms with E-state index in [1.807, 2.05) is 29.5 Å². The number of hydrogen-bond acceptors (Lipinski definition) is 1. The van der Waals surface area contributed by atoms with Gasteiger partial charge in [0.1, 0.15) is 5.82 Å². The maximum atomic E-state index is 13.1. The van der Waals surface area contributed by atoms with Crippen molar-refractivity contribution in [2.75, 3.05) is 11.9 Å². The predicted molar refractivity (Wildman–Crippen MR) is 64.9 cm³/mol. The summed E-state index contributed by atoms with van der Waals surface area (Å²) in [5, 5.41) is 2.83. The van der Waals surface area contributed by atoms with Crippen LogP contribution in [0.1, 0.15) is 6.92 Å². The zero-order chi connectivity index (χ0) is 10.6. The molecule has 3 nitrogen and oxygen atoms in total. The molecule has 0 atom stereocenters. The van der Waals surface area contributed by atoms with E-state index in [1.165, 1.54) is 6.07 Å². The number of hydrogen-bond donors (Lipinski definition) is 2. The van der Waals surface area contributed by atoms with Gasteiger partial charge in [0.25, 0.3) is 0 Å². The van der Waals surface area contributed by atoms with E-state index in [0.717, 1.165) is 0 Å². The lowest BCUT2D eigenvalue weighted by Crippen LogP contribution is -2.23. The average molecular weight is 307 g/mol. The summed E-state index contributed by atoms with van der Waals surface area (Å²) in [4.78, 5) is 3.95. The Kier molecular flexibility index (Phi) is 4.12. The smallest absolute Gasteiger partial charge is 0.193 e. The van der Waals surface area contributed by atoms with Gasteiger partial charge < -0.3 is 11.1 Å². The first-order valence-electron chi connectivity index (χ1n) is 4.16. The monoisotopic (exact) mass is 307 g/mol. The van der Waals surface area contributed by atoms with Gasteiger partial charge in [-0.15, -0.1) is 0 Å². The van der Waals surface area contributed by atoms with Gasteiger partial charge in [0.05, 0.1) is 9.26 Å². The number of aliphatic imine (C=N–C) groups is 1. The van der Waals surface area contributed by atoms with Crippen LogP contribution in [0.4, 0.5) is 10.1 Å². The molecule has 14 heavy (non-hydrogen) atoms. The maximum Gasteiger partial charge on any atom is 0.193 e. The molecule has 0 unspecified atom stereocenters. The summed E-state index contributed by atoms with van der Waals surface area (Å²) < 4.78 is 13.6. The van der Waals surface area contributed by atoms with Gasteiger partial charge >= 0.3 is 0 Å². The third-order valence-electron chi connectivity index (χ3n) is 1.54. The highest BCUT2D eigenvalue weighted by molar-refractivity contribution is 14.1. The Morgan fingerprint density at radius 2 is 2.36 bits per heavy atom. The van der Waals surface area contributed by atoms with E-state index in [-0.39, 0.29) is 5.82 Å². The van der Waals surface area contributed by atoms with Gasteiger partial charge in [0.15, 0.2) is 5.96 Å². The van der Waals surface area contributed by atoms with E-state index in [9.17, 15) is 4.39 Å². The third kappa shape index (κ3) is 2.83. The van der Waals surface area contributed by atoms with Crippen molar-refractivity contribution in [1.29, 1.82) is 0 Å². The van der Waals surface area contributed by atoms with E-state index in [2.05, 4.69) is 10.3 Å². The first kappa shape index (κ1) is 11.2. The van der Waals surface area contributed by atoms with Crippen molar-refractivity contribution in [3.8, 4) is 0 Å². The molecule has 0 aliphatic heterocycles. The Labute approximate surface area is 95.7 Å². The number of halogens is 2. The second-order valence-electron chi connectivity index (χ2n) is 2.59. The van der Waals surface area contributed by atoms with Crippen molar-refractivity contribution in [3.63, 3.8) is 0 Å². The summed E-state index contributed by atoms with van der Waals surface area (Å²) in [5.41, 5.74) is 6.19. The van der Waals surface area contributed by atoms with E-state index in [0.29, 0.717) is 21.8 Å². The van der Waals surface area contributed by atoms with Crippen molar-refractivity contribution in [2.45, 2.75) is 6.92 Å². The van der Waals surface area contributed by atoms with Crippen molar-refractivity contribution in [3.05, 3.63) is 27.6 Å². The van der Waals surface area contributed by atoms with Gasteiger partial charge in [-0.1, -0.05) is 6.07 Å². The molecule has 1 rings (SSSR count). The minimum Gasteiger partial charge on any atom is -0.370 e. The number of nitrogens with zero attached hydrogens (tertiary/aromatic N) is 1. The number of nitrogens with one attached hydrogen (secondary N) is 1. The fourth-order valence-corrected chi connectivity index (χ4v) is 1.44. The summed E-state index contributed by atoms with van der Waals surface area (Å²) in [5.74, 6) is 0.0379. The molecule has 0 radical (unpaired) electrons. The quantitative estimate of drug-likeness (QED) is 0.500. The topological polar surface area (TPSA) is 50.4 Å². The first-order valence-corrected chi connectivity index (χ1v) is 5.24. The van der Waals surface area contributed by atoms with Crippen molar-refractivity contribution in [2.24, 2.45) is 10.7 Å². The van der Waals surface area contributed by atoms with Gasteiger partial charge in [-0.25, -0.2) is 4.39 Å². The Morgan fingerprint density at radius 3 is 3.00 bits per heavy atom. The highest BCUT2D eigenvalue weighted by Gasteiger charge is 2.04. The molecule has 3 N–H and O–H groups in total. The molecule has 1 aromatic rings. The fraction of sp³-hybridized carbons (Fsp3) is 0.222. The van der Waals surface area contributed by atoms with E-state index in [1.54, 1.807) is 12.1 Å². The fourth-order valence-electron chi connectivity index (χ4n) is 0.948. The van der Waals surface area contributed by atoms with Gasteiger partial charge in [0.2, 0.25) is 0 Å². The first-order chi connectivity index (χ1) is 6.65. The molecular weight excluding hydrogens is 296 g/mol. The van der Waals surface area contributed by atoms with Crippen LogP contribution < -0.4 is 11.1 Å². The van der Waals surface area contributed by atoms with Crippen LogP contribution in [0.15, 0.2) is 23.2 Å². The summed E-state index contributed by atoms with van der Waals surface area (Å²) >= 11 is 1.92. The van der Waals surface area contributed by atoms with Crippen LogP contribution in [0.5, 0.6) is 0 Å². The van der Waals surface area contributed by atoms with Crippen LogP contribution in [0.3, 0.4) is 0 Å². The molecule has 0 spiro atoms. The lowest BCUT2D eigenvalue weighted by atomic mass is 10.3. The molecule has 0 amide bonds. The lowest BCUT2D eigenvalue weighted by molar-refractivity contribution is 0.621. The normalized spacial score (nSPS) is 11.5. The van der Waals surface area contributed by atoms with Crippen molar-refractivity contribution in [1.82, 2.24) is 0 Å². The van der Waals surface area contributed by atoms with E-state index >= 15 is 0 Å². The average Bonchev–Trinajstić information content (AvgIpc) is 2.13. The minimum absolute atomic E-state index is 0.264. The molecule has 0 fully saturated rings. The molecule has 0 saturated heterocycles. The second kappa shape index (κ2) is 5.14. The lowest BCUT2D eigenvalue weighted by Gasteiger charge is -2.07. The van der Waals surface area contributed by atoms with Crippen LogP contribution in [-0.2, 0) is 0 Å². The number of anilines is 1. The largest absolute Gasteiger partial charge is 0.370 e.